The first-order valence-electron chi connectivity index (χ1n) is 7.39. The molecule has 1 aliphatic heterocycles. The van der Waals surface area contributed by atoms with Crippen LogP contribution in [0, 0.1) is 0 Å². The smallest absolute Gasteiger partial charge is 0.128 e. The van der Waals surface area contributed by atoms with Gasteiger partial charge in [0.25, 0.3) is 0 Å². The van der Waals surface area contributed by atoms with Gasteiger partial charge < -0.3 is 20.1 Å². The Morgan fingerprint density at radius 1 is 1.45 bits per heavy atom. The van der Waals surface area contributed by atoms with Crippen LogP contribution in [0.25, 0.3) is 0 Å². The molecule has 5 nitrogen and oxygen atoms in total. The number of morpholine rings is 1. The zero-order valence-corrected chi connectivity index (χ0v) is 12.4. The van der Waals surface area contributed by atoms with Crippen LogP contribution in [0.2, 0.25) is 0 Å². The molecular weight excluding hydrogens is 254 g/mol. The van der Waals surface area contributed by atoms with Gasteiger partial charge in [-0.25, -0.2) is 4.98 Å². The number of ether oxygens (including phenoxy) is 1. The van der Waals surface area contributed by atoms with Crippen molar-refractivity contribution >= 4 is 5.82 Å². The van der Waals surface area contributed by atoms with Crippen molar-refractivity contribution in [3.05, 3.63) is 23.9 Å². The highest BCUT2D eigenvalue weighted by Gasteiger charge is 2.25. The van der Waals surface area contributed by atoms with Crippen molar-refractivity contribution in [3.8, 4) is 0 Å². The predicted octanol–water partition coefficient (Wildman–Crippen LogP) is 1.17. The number of rotatable bonds is 6. The molecule has 2 atom stereocenters. The Bertz CT molecular complexity index is 397. The van der Waals surface area contributed by atoms with E-state index in [1.54, 1.807) is 0 Å². The molecule has 1 aromatic heterocycles. The highest BCUT2D eigenvalue weighted by atomic mass is 16.5. The first kappa shape index (κ1) is 15.2. The largest absolute Gasteiger partial charge is 0.394 e. The maximum Gasteiger partial charge on any atom is 0.128 e. The fraction of sp³-hybridized carbons (Fsp3) is 0.667. The Labute approximate surface area is 121 Å². The number of aromatic nitrogens is 1. The van der Waals surface area contributed by atoms with Gasteiger partial charge in [-0.1, -0.05) is 13.0 Å². The van der Waals surface area contributed by atoms with E-state index in [9.17, 15) is 5.11 Å². The molecule has 20 heavy (non-hydrogen) atoms. The van der Waals surface area contributed by atoms with E-state index in [0.717, 1.165) is 31.9 Å². The molecule has 5 heteroatoms. The van der Waals surface area contributed by atoms with Crippen molar-refractivity contribution in [2.75, 3.05) is 31.1 Å². The van der Waals surface area contributed by atoms with Crippen molar-refractivity contribution in [3.63, 3.8) is 0 Å². The standard InChI is InChI=1S/C15H25N3O2/c1-3-6-16-7-13-4-5-15(17-8-13)18-9-12(2)20-14(10-18)11-19/h4-5,8,12,14,16,19H,3,6-7,9-11H2,1-2H3. The molecule has 0 bridgehead atoms. The van der Waals surface area contributed by atoms with Gasteiger partial charge in [0.2, 0.25) is 0 Å². The van der Waals surface area contributed by atoms with E-state index in [-0.39, 0.29) is 18.8 Å². The van der Waals surface area contributed by atoms with Crippen molar-refractivity contribution in [1.29, 1.82) is 0 Å². The maximum atomic E-state index is 9.26. The zero-order chi connectivity index (χ0) is 14.4. The average Bonchev–Trinajstić information content (AvgIpc) is 2.47. The van der Waals surface area contributed by atoms with Gasteiger partial charge in [0.05, 0.1) is 18.8 Å². The molecule has 1 aliphatic rings. The molecular formula is C15H25N3O2. The third-order valence-electron chi connectivity index (χ3n) is 3.42. The Morgan fingerprint density at radius 3 is 2.95 bits per heavy atom. The predicted molar refractivity (Wildman–Crippen MR) is 79.9 cm³/mol. The summed E-state index contributed by atoms with van der Waals surface area (Å²) < 4.78 is 5.65. The first-order valence-corrected chi connectivity index (χ1v) is 7.39. The number of nitrogens with zero attached hydrogens (tertiary/aromatic N) is 2. The number of hydrogen-bond donors (Lipinski definition) is 2. The zero-order valence-electron chi connectivity index (χ0n) is 12.4. The summed E-state index contributed by atoms with van der Waals surface area (Å²) in [7, 11) is 0. The van der Waals surface area contributed by atoms with Gasteiger partial charge in [0.15, 0.2) is 0 Å². The van der Waals surface area contributed by atoms with Crippen LogP contribution in [-0.4, -0.2) is 48.5 Å². The van der Waals surface area contributed by atoms with E-state index in [0.29, 0.717) is 6.54 Å². The van der Waals surface area contributed by atoms with E-state index < -0.39 is 0 Å². The third kappa shape index (κ3) is 4.16. The highest BCUT2D eigenvalue weighted by Crippen LogP contribution is 2.18. The SMILES string of the molecule is CCCNCc1ccc(N2CC(C)OC(CO)C2)nc1. The molecule has 1 fully saturated rings. The minimum atomic E-state index is -0.119. The Morgan fingerprint density at radius 2 is 2.30 bits per heavy atom. The van der Waals surface area contributed by atoms with Gasteiger partial charge in [0.1, 0.15) is 5.82 Å². The van der Waals surface area contributed by atoms with Gasteiger partial charge in [-0.05, 0) is 31.5 Å². The summed E-state index contributed by atoms with van der Waals surface area (Å²) in [6, 6.07) is 4.16. The summed E-state index contributed by atoms with van der Waals surface area (Å²) in [6.07, 6.45) is 3.06. The Hall–Kier alpha value is -1.17. The van der Waals surface area contributed by atoms with Gasteiger partial charge in [-0.15, -0.1) is 0 Å². The minimum absolute atomic E-state index is 0.0554. The molecule has 1 saturated heterocycles. The van der Waals surface area contributed by atoms with Crippen LogP contribution in [0.15, 0.2) is 18.3 Å². The van der Waals surface area contributed by atoms with Crippen LogP contribution in [0.3, 0.4) is 0 Å². The van der Waals surface area contributed by atoms with Crippen LogP contribution in [0.4, 0.5) is 5.82 Å². The fourth-order valence-corrected chi connectivity index (χ4v) is 2.45. The second kappa shape index (κ2) is 7.57. The summed E-state index contributed by atoms with van der Waals surface area (Å²) in [4.78, 5) is 6.71. The lowest BCUT2D eigenvalue weighted by Gasteiger charge is -2.36. The second-order valence-corrected chi connectivity index (χ2v) is 5.36. The molecule has 2 heterocycles. The molecule has 0 saturated carbocycles. The summed E-state index contributed by atoms with van der Waals surface area (Å²) in [6.45, 7) is 7.64. The van der Waals surface area contributed by atoms with Crippen LogP contribution in [0.1, 0.15) is 25.8 Å². The van der Waals surface area contributed by atoms with Crippen molar-refractivity contribution in [1.82, 2.24) is 10.3 Å². The molecule has 2 rings (SSSR count). The molecule has 2 unspecified atom stereocenters. The number of nitrogens with one attached hydrogen (secondary N) is 1. The topological polar surface area (TPSA) is 57.6 Å². The van der Waals surface area contributed by atoms with E-state index in [1.165, 1.54) is 5.56 Å². The number of anilines is 1. The molecule has 0 spiro atoms. The normalized spacial score (nSPS) is 23.1. The molecule has 112 valence electrons. The first-order chi connectivity index (χ1) is 9.72. The molecule has 2 N–H and O–H groups in total. The molecule has 0 radical (unpaired) electrons. The Kier molecular flexibility index (Phi) is 5.76. The summed E-state index contributed by atoms with van der Waals surface area (Å²) in [5, 5.41) is 12.6. The van der Waals surface area contributed by atoms with E-state index in [1.807, 2.05) is 13.1 Å². The Balaban J connectivity index is 1.94. The van der Waals surface area contributed by atoms with Crippen molar-refractivity contribution < 1.29 is 9.84 Å². The van der Waals surface area contributed by atoms with E-state index >= 15 is 0 Å². The van der Waals surface area contributed by atoms with Crippen LogP contribution >= 0.6 is 0 Å². The lowest BCUT2D eigenvalue weighted by Crippen LogP contribution is -2.48. The molecule has 0 aromatic carbocycles. The summed E-state index contributed by atoms with van der Waals surface area (Å²) in [5.74, 6) is 0.956. The van der Waals surface area contributed by atoms with Crippen molar-refractivity contribution in [2.24, 2.45) is 0 Å². The molecule has 1 aromatic rings. The molecule has 0 amide bonds. The van der Waals surface area contributed by atoms with E-state index in [4.69, 9.17) is 4.74 Å². The average molecular weight is 279 g/mol. The molecule has 0 aliphatic carbocycles. The third-order valence-corrected chi connectivity index (χ3v) is 3.42. The minimum Gasteiger partial charge on any atom is -0.394 e. The van der Waals surface area contributed by atoms with Crippen LogP contribution < -0.4 is 10.2 Å². The van der Waals surface area contributed by atoms with Gasteiger partial charge >= 0.3 is 0 Å². The second-order valence-electron chi connectivity index (χ2n) is 5.36. The van der Waals surface area contributed by atoms with Crippen molar-refractivity contribution in [2.45, 2.75) is 39.0 Å². The lowest BCUT2D eigenvalue weighted by molar-refractivity contribution is -0.0423. The lowest BCUT2D eigenvalue weighted by atomic mass is 10.2. The number of aliphatic hydroxyl groups is 1. The quantitative estimate of drug-likeness (QED) is 0.766. The fourth-order valence-electron chi connectivity index (χ4n) is 2.45. The van der Waals surface area contributed by atoms with Crippen LogP contribution in [0.5, 0.6) is 0 Å². The van der Waals surface area contributed by atoms with Crippen LogP contribution in [-0.2, 0) is 11.3 Å². The monoisotopic (exact) mass is 279 g/mol. The maximum absolute atomic E-state index is 9.26. The summed E-state index contributed by atoms with van der Waals surface area (Å²) in [5.41, 5.74) is 1.20. The van der Waals surface area contributed by atoms with E-state index in [2.05, 4.69) is 34.3 Å². The number of hydrogen-bond acceptors (Lipinski definition) is 5. The summed E-state index contributed by atoms with van der Waals surface area (Å²) >= 11 is 0. The number of pyridine rings is 1. The number of aliphatic hydroxyl groups excluding tert-OH is 1. The highest BCUT2D eigenvalue weighted by molar-refractivity contribution is 5.40. The van der Waals surface area contributed by atoms with Gasteiger partial charge in [-0.2, -0.15) is 0 Å². The van der Waals surface area contributed by atoms with Gasteiger partial charge in [-0.3, -0.25) is 0 Å². The van der Waals surface area contributed by atoms with Gasteiger partial charge in [0, 0.05) is 25.8 Å².